The number of nitrogens with one attached hydrogen (secondary N) is 2. The maximum absolute atomic E-state index is 12.7. The van der Waals surface area contributed by atoms with E-state index < -0.39 is 233 Å². The maximum atomic E-state index is 12.7. The lowest BCUT2D eigenvalue weighted by molar-refractivity contribution is -0.385. The van der Waals surface area contributed by atoms with Crippen LogP contribution in [0.3, 0.4) is 0 Å². The Morgan fingerprint density at radius 3 is 1.31 bits per heavy atom. The molecular weight excluding hydrogens is 1050 g/mol. The number of ether oxygens (including phenoxy) is 11. The van der Waals surface area contributed by atoms with Gasteiger partial charge < -0.3 is 139 Å². The van der Waals surface area contributed by atoms with E-state index in [0.29, 0.717) is 0 Å². The van der Waals surface area contributed by atoms with Crippen molar-refractivity contribution >= 4 is 22.2 Å². The summed E-state index contributed by atoms with van der Waals surface area (Å²) in [5.74, 6) is -1.73. The number of amides is 2. The number of carbonyl (C=O) groups is 2. The van der Waals surface area contributed by atoms with Gasteiger partial charge in [0, 0.05) is 13.8 Å². The zero-order valence-electron chi connectivity index (χ0n) is 40.2. The molecule has 35 heteroatoms. The van der Waals surface area contributed by atoms with Crippen molar-refractivity contribution in [3.63, 3.8) is 0 Å². The van der Waals surface area contributed by atoms with Crippen LogP contribution in [-0.2, 0) is 76.3 Å². The monoisotopic (exact) mass is 1120 g/mol. The molecular formula is C40H68N2O32S. The van der Waals surface area contributed by atoms with Gasteiger partial charge in [-0.3, -0.25) is 14.1 Å². The molecule has 0 bridgehead atoms. The van der Waals surface area contributed by atoms with E-state index in [9.17, 15) is 99.2 Å². The molecule has 436 valence electrons. The lowest BCUT2D eigenvalue weighted by Gasteiger charge is -2.50. The van der Waals surface area contributed by atoms with E-state index in [1.807, 2.05) is 0 Å². The highest BCUT2D eigenvalue weighted by Crippen LogP contribution is 2.36. The summed E-state index contributed by atoms with van der Waals surface area (Å²) in [5, 5.41) is 166. The largest absolute Gasteiger partial charge is 0.397 e. The van der Waals surface area contributed by atoms with Crippen LogP contribution in [0.4, 0.5) is 0 Å². The smallest absolute Gasteiger partial charge is 0.394 e. The first kappa shape index (κ1) is 62.0. The lowest BCUT2D eigenvalue weighted by Crippen LogP contribution is -2.69. The van der Waals surface area contributed by atoms with Gasteiger partial charge >= 0.3 is 10.4 Å². The van der Waals surface area contributed by atoms with Crippen LogP contribution < -0.4 is 10.6 Å². The van der Waals surface area contributed by atoms with E-state index >= 15 is 0 Å². The lowest BCUT2D eigenvalue weighted by atomic mass is 9.94. The summed E-state index contributed by atoms with van der Waals surface area (Å²) in [6, 6.07) is -3.57. The summed E-state index contributed by atoms with van der Waals surface area (Å²) < 4.78 is 101. The van der Waals surface area contributed by atoms with E-state index in [0.717, 1.165) is 13.8 Å². The Hall–Kier alpha value is -2.23. The highest BCUT2D eigenvalue weighted by molar-refractivity contribution is 7.80. The predicted molar refractivity (Wildman–Crippen MR) is 230 cm³/mol. The topological polar surface area (TPSA) is 527 Å². The van der Waals surface area contributed by atoms with Crippen LogP contribution in [0.5, 0.6) is 0 Å². The SMILES string of the molecule is CC(=O)N[C@@H]1[C@@H](OC2O[C@H](CO)[C@H](O)[C@H](O)[C@H]2OC2O[C@@H](C)[C@@H](O)[C@@H](O)[C@@H]2O)[C@@H](O)[C@@H](COC2O[C@H](COS(=O)(=O)O)[C@@H](OC3O[C@H](CO)[C@H](O)[C@H](O)[C@H]3OC3O[C@@H](C)[C@@H](O)[C@@H](O)[C@@H]3O)[C@H](O)[C@H]2NC(C)=O)O[C@H]1O. The molecule has 34 nitrogen and oxygen atoms in total. The van der Waals surface area contributed by atoms with Crippen LogP contribution in [0.25, 0.3) is 0 Å². The zero-order chi connectivity index (χ0) is 55.7. The summed E-state index contributed by atoms with van der Waals surface area (Å²) in [4.78, 5) is 25.1. The van der Waals surface area contributed by atoms with Crippen LogP contribution in [-0.4, -0.2) is 312 Å². The molecule has 5 unspecified atom stereocenters. The van der Waals surface area contributed by atoms with Crippen LogP contribution in [0.2, 0.25) is 0 Å². The average Bonchev–Trinajstić information content (AvgIpc) is 3.34. The van der Waals surface area contributed by atoms with E-state index in [1.54, 1.807) is 0 Å². The zero-order valence-corrected chi connectivity index (χ0v) is 41.1. The first-order chi connectivity index (χ1) is 35.1. The molecule has 0 aromatic heterocycles. The Balaban J connectivity index is 1.26. The fourth-order valence-corrected chi connectivity index (χ4v) is 9.52. The minimum Gasteiger partial charge on any atom is -0.394 e. The van der Waals surface area contributed by atoms with Crippen molar-refractivity contribution < 1.29 is 155 Å². The molecule has 0 aliphatic carbocycles. The van der Waals surface area contributed by atoms with Crippen LogP contribution in [0.1, 0.15) is 27.7 Å². The Morgan fingerprint density at radius 2 is 0.867 bits per heavy atom. The summed E-state index contributed by atoms with van der Waals surface area (Å²) in [6.45, 7) is 0.384. The molecule has 0 aromatic rings. The van der Waals surface area contributed by atoms with E-state index in [1.165, 1.54) is 13.8 Å². The Labute approximate surface area is 425 Å². The second kappa shape index (κ2) is 25.9. The van der Waals surface area contributed by atoms with Crippen molar-refractivity contribution in [3.05, 3.63) is 0 Å². The third-order valence-electron chi connectivity index (χ3n) is 13.3. The number of aliphatic hydroxyl groups is 15. The minimum absolute atomic E-state index is 0.834. The quantitative estimate of drug-likeness (QED) is 0.0567. The van der Waals surface area contributed by atoms with Crippen molar-refractivity contribution in [2.75, 3.05) is 26.4 Å². The second-order valence-corrected chi connectivity index (χ2v) is 19.9. The first-order valence-electron chi connectivity index (χ1n) is 23.5. The van der Waals surface area contributed by atoms with Crippen LogP contribution in [0, 0.1) is 0 Å². The van der Waals surface area contributed by atoms with Gasteiger partial charge in [0.05, 0.1) is 38.6 Å². The highest BCUT2D eigenvalue weighted by atomic mass is 32.3. The molecule has 6 fully saturated rings. The summed E-state index contributed by atoms with van der Waals surface area (Å²) in [5.41, 5.74) is 0. The molecule has 0 spiro atoms. The number of rotatable bonds is 18. The summed E-state index contributed by atoms with van der Waals surface area (Å²) in [7, 11) is -5.34. The molecule has 6 aliphatic heterocycles. The maximum Gasteiger partial charge on any atom is 0.397 e. The number of carbonyl (C=O) groups excluding carboxylic acids is 2. The van der Waals surface area contributed by atoms with Gasteiger partial charge in [0.2, 0.25) is 11.8 Å². The van der Waals surface area contributed by atoms with E-state index in [-0.39, 0.29) is 0 Å². The van der Waals surface area contributed by atoms with Gasteiger partial charge in [0.1, 0.15) is 134 Å². The number of hydrogen-bond acceptors (Lipinski definition) is 31. The molecule has 6 aliphatic rings. The van der Waals surface area contributed by atoms with E-state index in [2.05, 4.69) is 14.8 Å². The Kier molecular flexibility index (Phi) is 21.4. The van der Waals surface area contributed by atoms with Crippen LogP contribution >= 0.6 is 0 Å². The van der Waals surface area contributed by atoms with Gasteiger partial charge in [-0.2, -0.15) is 8.42 Å². The molecule has 18 N–H and O–H groups in total. The molecule has 6 heterocycles. The third-order valence-corrected chi connectivity index (χ3v) is 13.8. The molecule has 30 atom stereocenters. The van der Waals surface area contributed by atoms with Gasteiger partial charge in [0.25, 0.3) is 0 Å². The van der Waals surface area contributed by atoms with E-state index in [4.69, 9.17) is 52.1 Å². The fourth-order valence-electron chi connectivity index (χ4n) is 9.21. The third kappa shape index (κ3) is 14.2. The predicted octanol–water partition coefficient (Wildman–Crippen LogP) is -11.9. The standard InChI is InChI=1S/C40H68N2O32S/c1-9-19(47)25(53)29(57)37(65-9)73-33-27(55)21(49)13(5-43)68-39(33)71-31-16(8-64-75(60,61)62)70-36(17(24(31)52)41-11(3)45)63-7-15-23(51)32(18(35(59)67-15)42-12(4)46)72-40-34(28(56)22(50)14(6-44)69-40)74-38-30(58)26(54)20(48)10(2)66-38/h9-10,13-40,43-44,47-59H,5-8H2,1-4H3,(H,41,45)(H,42,46)(H,60,61,62)/t9-,10-,13+,14+,15+,16+,17+,18+,19+,20+,21-,22-,23-,24+,25+,26+,27-,28-,29-,30-,31+,32+,33+,34+,35+,36?,37?,38?,39?,40?/m0/s1. The van der Waals surface area contributed by atoms with Gasteiger partial charge in [-0.25, -0.2) is 4.18 Å². The van der Waals surface area contributed by atoms with Gasteiger partial charge in [0.15, 0.2) is 37.7 Å². The highest BCUT2D eigenvalue weighted by Gasteiger charge is 2.57. The average molecular weight is 1120 g/mol. The van der Waals surface area contributed by atoms with Crippen molar-refractivity contribution in [1.82, 2.24) is 10.6 Å². The van der Waals surface area contributed by atoms with Gasteiger partial charge in [-0.05, 0) is 13.8 Å². The number of hydrogen-bond donors (Lipinski definition) is 18. The normalized spacial score (nSPS) is 49.0. The van der Waals surface area contributed by atoms with Gasteiger partial charge in [-0.1, -0.05) is 0 Å². The van der Waals surface area contributed by atoms with Crippen molar-refractivity contribution in [2.45, 2.75) is 212 Å². The fraction of sp³-hybridized carbons (Fsp3) is 0.950. The Bertz CT molecular complexity index is 1970. The molecule has 6 rings (SSSR count). The molecule has 2 amide bonds. The minimum atomic E-state index is -5.34. The molecule has 0 saturated carbocycles. The first-order valence-corrected chi connectivity index (χ1v) is 24.8. The number of aliphatic hydroxyl groups excluding tert-OH is 15. The van der Waals surface area contributed by atoms with Crippen LogP contribution in [0.15, 0.2) is 0 Å². The Morgan fingerprint density at radius 1 is 0.440 bits per heavy atom. The molecule has 75 heavy (non-hydrogen) atoms. The molecule has 6 saturated heterocycles. The molecule has 0 aromatic carbocycles. The second-order valence-electron chi connectivity index (χ2n) is 18.8. The van der Waals surface area contributed by atoms with Crippen molar-refractivity contribution in [1.29, 1.82) is 0 Å². The van der Waals surface area contributed by atoms with Gasteiger partial charge in [-0.15, -0.1) is 0 Å². The van der Waals surface area contributed by atoms with Crippen molar-refractivity contribution in [3.8, 4) is 0 Å². The summed E-state index contributed by atoms with van der Waals surface area (Å²) in [6.07, 6.45) is -52.7. The molecule has 0 radical (unpaired) electrons. The van der Waals surface area contributed by atoms with Crippen molar-refractivity contribution in [2.24, 2.45) is 0 Å². The summed E-state index contributed by atoms with van der Waals surface area (Å²) >= 11 is 0.